The maximum atomic E-state index is 6.24. The molecule has 3 rings (SSSR count). The Bertz CT molecular complexity index is 638. The Morgan fingerprint density at radius 3 is 3.05 bits per heavy atom. The molecule has 0 fully saturated rings. The van der Waals surface area contributed by atoms with E-state index in [9.17, 15) is 0 Å². The predicted molar refractivity (Wildman–Crippen MR) is 84.0 cm³/mol. The van der Waals surface area contributed by atoms with E-state index in [1.54, 1.807) is 0 Å². The smallest absolute Gasteiger partial charge is 0.125 e. The first-order valence-corrected chi connectivity index (χ1v) is 7.70. The van der Waals surface area contributed by atoms with Gasteiger partial charge in [-0.25, -0.2) is 4.98 Å². The maximum absolute atomic E-state index is 6.24. The zero-order valence-corrected chi connectivity index (χ0v) is 13.2. The summed E-state index contributed by atoms with van der Waals surface area (Å²) in [6, 6.07) is 4.19. The second-order valence-corrected chi connectivity index (χ2v) is 5.87. The van der Waals surface area contributed by atoms with Gasteiger partial charge in [0.25, 0.3) is 0 Å². The highest BCUT2D eigenvalue weighted by molar-refractivity contribution is 6.30. The molecular weight excluding hydrogens is 286 g/mol. The fourth-order valence-electron chi connectivity index (χ4n) is 2.86. The lowest BCUT2D eigenvalue weighted by atomic mass is 10.00. The van der Waals surface area contributed by atoms with E-state index in [2.05, 4.69) is 23.4 Å². The van der Waals surface area contributed by atoms with Gasteiger partial charge < -0.3 is 14.6 Å². The van der Waals surface area contributed by atoms with Crippen molar-refractivity contribution in [1.82, 2.24) is 14.9 Å². The molecule has 5 heteroatoms. The van der Waals surface area contributed by atoms with Gasteiger partial charge in [0, 0.05) is 24.7 Å². The molecule has 4 nitrogen and oxygen atoms in total. The van der Waals surface area contributed by atoms with Crippen LogP contribution in [0.1, 0.15) is 29.8 Å². The Balaban J connectivity index is 1.90. The van der Waals surface area contributed by atoms with Crippen molar-refractivity contribution in [3.05, 3.63) is 46.5 Å². The number of rotatable bonds is 5. The third-order valence-electron chi connectivity index (χ3n) is 3.78. The van der Waals surface area contributed by atoms with Crippen molar-refractivity contribution >= 4 is 11.6 Å². The van der Waals surface area contributed by atoms with Crippen LogP contribution in [0.5, 0.6) is 5.75 Å². The molecule has 21 heavy (non-hydrogen) atoms. The fraction of sp³-hybridized carbons (Fsp3) is 0.438. The van der Waals surface area contributed by atoms with Crippen molar-refractivity contribution in [2.24, 2.45) is 7.05 Å². The van der Waals surface area contributed by atoms with E-state index in [0.29, 0.717) is 0 Å². The van der Waals surface area contributed by atoms with Crippen LogP contribution >= 0.6 is 11.6 Å². The number of hydrogen-bond acceptors (Lipinski definition) is 3. The first-order chi connectivity index (χ1) is 10.2. The van der Waals surface area contributed by atoms with E-state index < -0.39 is 0 Å². The summed E-state index contributed by atoms with van der Waals surface area (Å²) in [6.45, 7) is 3.75. The maximum Gasteiger partial charge on any atom is 0.125 e. The van der Waals surface area contributed by atoms with Crippen LogP contribution in [0.25, 0.3) is 0 Å². The Hall–Kier alpha value is -1.52. The van der Waals surface area contributed by atoms with Crippen molar-refractivity contribution in [1.29, 1.82) is 0 Å². The third kappa shape index (κ3) is 3.06. The summed E-state index contributed by atoms with van der Waals surface area (Å²) in [5.74, 6) is 1.01. The molecule has 0 amide bonds. The first-order valence-electron chi connectivity index (χ1n) is 7.32. The molecule has 0 radical (unpaired) electrons. The van der Waals surface area contributed by atoms with Crippen molar-refractivity contribution in [2.45, 2.75) is 25.8 Å². The number of ether oxygens (including phenoxy) is 1. The molecule has 0 bridgehead atoms. The lowest BCUT2D eigenvalue weighted by molar-refractivity contribution is 0.351. The molecule has 1 aliphatic rings. The number of benzene rings is 1. The fourth-order valence-corrected chi connectivity index (χ4v) is 3.12. The Kier molecular flexibility index (Phi) is 4.17. The number of likely N-dealkylation sites (N-methyl/N-ethyl adjacent to an activating group) is 1. The summed E-state index contributed by atoms with van der Waals surface area (Å²) in [6.07, 6.45) is 5.66. The highest BCUT2D eigenvalue weighted by Crippen LogP contribution is 2.35. The van der Waals surface area contributed by atoms with Crippen LogP contribution in [-0.2, 0) is 19.9 Å². The lowest BCUT2D eigenvalue weighted by Crippen LogP contribution is -2.23. The van der Waals surface area contributed by atoms with Crippen molar-refractivity contribution in [3.63, 3.8) is 0 Å². The zero-order chi connectivity index (χ0) is 14.8. The van der Waals surface area contributed by atoms with Crippen LogP contribution in [-0.4, -0.2) is 22.7 Å². The van der Waals surface area contributed by atoms with Gasteiger partial charge in [-0.05, 0) is 36.2 Å². The third-order valence-corrected chi connectivity index (χ3v) is 4.00. The molecule has 0 aliphatic carbocycles. The van der Waals surface area contributed by atoms with Gasteiger partial charge in [-0.1, -0.05) is 18.5 Å². The van der Waals surface area contributed by atoms with Crippen LogP contribution < -0.4 is 10.1 Å². The topological polar surface area (TPSA) is 39.1 Å². The standard InChI is InChI=1S/C16H20ClN3O/c1-3-18-14(15-9-20(2)10-19-15)8-12-7-13(17)6-11-4-5-21-16(11)12/h6-7,9-10,14,18H,3-5,8H2,1-2H3. The number of nitrogens with zero attached hydrogens (tertiary/aromatic N) is 2. The minimum absolute atomic E-state index is 0.169. The van der Waals surface area contributed by atoms with Gasteiger partial charge in [0.1, 0.15) is 5.75 Å². The number of hydrogen-bond donors (Lipinski definition) is 1. The van der Waals surface area contributed by atoms with Gasteiger partial charge in [0.2, 0.25) is 0 Å². The van der Waals surface area contributed by atoms with Crippen LogP contribution in [0.3, 0.4) is 0 Å². The van der Waals surface area contributed by atoms with Crippen LogP contribution in [0, 0.1) is 0 Å². The summed E-state index contributed by atoms with van der Waals surface area (Å²) in [5.41, 5.74) is 3.42. The summed E-state index contributed by atoms with van der Waals surface area (Å²) < 4.78 is 7.76. The van der Waals surface area contributed by atoms with Crippen LogP contribution in [0.15, 0.2) is 24.7 Å². The second-order valence-electron chi connectivity index (χ2n) is 5.43. The van der Waals surface area contributed by atoms with Crippen molar-refractivity contribution in [2.75, 3.05) is 13.2 Å². The van der Waals surface area contributed by atoms with E-state index in [-0.39, 0.29) is 6.04 Å². The van der Waals surface area contributed by atoms with E-state index >= 15 is 0 Å². The quantitative estimate of drug-likeness (QED) is 0.923. The molecule has 2 aromatic rings. The minimum Gasteiger partial charge on any atom is -0.493 e. The molecule has 1 aromatic heterocycles. The highest BCUT2D eigenvalue weighted by Gasteiger charge is 2.21. The molecule has 2 heterocycles. The monoisotopic (exact) mass is 305 g/mol. The lowest BCUT2D eigenvalue weighted by Gasteiger charge is -2.18. The van der Waals surface area contributed by atoms with E-state index in [1.807, 2.05) is 30.1 Å². The van der Waals surface area contributed by atoms with Gasteiger partial charge in [-0.3, -0.25) is 0 Å². The highest BCUT2D eigenvalue weighted by atomic mass is 35.5. The SMILES string of the molecule is CCNC(Cc1cc(Cl)cc2c1OCC2)c1cn(C)cn1. The van der Waals surface area contributed by atoms with E-state index in [0.717, 1.165) is 48.0 Å². The molecule has 0 saturated carbocycles. The number of halogens is 1. The number of aryl methyl sites for hydroxylation is 1. The Morgan fingerprint density at radius 1 is 1.48 bits per heavy atom. The summed E-state index contributed by atoms with van der Waals surface area (Å²) in [7, 11) is 1.99. The van der Waals surface area contributed by atoms with Crippen molar-refractivity contribution in [3.8, 4) is 5.75 Å². The number of imidazole rings is 1. The number of fused-ring (bicyclic) bond motifs is 1. The number of aromatic nitrogens is 2. The van der Waals surface area contributed by atoms with Gasteiger partial charge >= 0.3 is 0 Å². The largest absolute Gasteiger partial charge is 0.493 e. The molecule has 0 saturated heterocycles. The second kappa shape index (κ2) is 6.08. The van der Waals surface area contributed by atoms with Crippen molar-refractivity contribution < 1.29 is 4.74 Å². The average molecular weight is 306 g/mol. The molecule has 1 atom stereocenters. The first kappa shape index (κ1) is 14.4. The summed E-state index contributed by atoms with van der Waals surface area (Å²) in [4.78, 5) is 4.47. The summed E-state index contributed by atoms with van der Waals surface area (Å²) >= 11 is 6.24. The van der Waals surface area contributed by atoms with Gasteiger partial charge in [-0.15, -0.1) is 0 Å². The number of nitrogens with one attached hydrogen (secondary N) is 1. The Labute approximate surface area is 130 Å². The minimum atomic E-state index is 0.169. The molecule has 1 N–H and O–H groups in total. The Morgan fingerprint density at radius 2 is 2.33 bits per heavy atom. The average Bonchev–Trinajstić information content (AvgIpc) is 3.06. The molecule has 1 unspecified atom stereocenters. The normalized spacial score (nSPS) is 14.8. The molecular formula is C16H20ClN3O. The van der Waals surface area contributed by atoms with Crippen LogP contribution in [0.4, 0.5) is 0 Å². The van der Waals surface area contributed by atoms with Crippen LogP contribution in [0.2, 0.25) is 5.02 Å². The predicted octanol–water partition coefficient (Wildman–Crippen LogP) is 2.90. The molecule has 112 valence electrons. The van der Waals surface area contributed by atoms with Gasteiger partial charge in [-0.2, -0.15) is 0 Å². The van der Waals surface area contributed by atoms with E-state index in [1.165, 1.54) is 5.56 Å². The molecule has 0 spiro atoms. The summed E-state index contributed by atoms with van der Waals surface area (Å²) in [5, 5.41) is 4.28. The molecule has 1 aromatic carbocycles. The van der Waals surface area contributed by atoms with Gasteiger partial charge in [0.05, 0.1) is 24.7 Å². The van der Waals surface area contributed by atoms with E-state index in [4.69, 9.17) is 16.3 Å². The zero-order valence-electron chi connectivity index (χ0n) is 12.4. The van der Waals surface area contributed by atoms with Gasteiger partial charge in [0.15, 0.2) is 0 Å². The molecule has 1 aliphatic heterocycles.